The topological polar surface area (TPSA) is 56.2 Å². The van der Waals surface area contributed by atoms with Crippen molar-refractivity contribution in [2.75, 3.05) is 0 Å². The van der Waals surface area contributed by atoms with Crippen LogP contribution in [0.2, 0.25) is 19.6 Å². The number of aryl methyl sites for hydroxylation is 1. The Morgan fingerprint density at radius 1 is 1.12 bits per heavy atom. The molecule has 1 fully saturated rings. The lowest BCUT2D eigenvalue weighted by Crippen LogP contribution is -2.33. The second kappa shape index (κ2) is 7.63. The van der Waals surface area contributed by atoms with E-state index >= 15 is 0 Å². The van der Waals surface area contributed by atoms with E-state index in [1.54, 1.807) is 0 Å². The number of fused-ring (bicyclic) bond motifs is 1. The molecule has 0 atom stereocenters. The molecule has 4 aromatic rings. The highest BCUT2D eigenvalue weighted by Gasteiger charge is 2.48. The smallest absolute Gasteiger partial charge is 0.249 e. The highest BCUT2D eigenvalue weighted by molar-refractivity contribution is 6.83. The minimum atomic E-state index is -2.63. The van der Waals surface area contributed by atoms with Crippen LogP contribution in [0, 0.1) is 18.4 Å². The second-order valence-electron chi connectivity index (χ2n) is 9.75. The Labute approximate surface area is 191 Å². The zero-order valence-electron chi connectivity index (χ0n) is 19.0. The predicted molar refractivity (Wildman–Crippen MR) is 126 cm³/mol. The first-order chi connectivity index (χ1) is 15.6. The number of nitrogens with zero attached hydrogens (tertiary/aromatic N) is 4. The summed E-state index contributed by atoms with van der Waals surface area (Å²) in [6.45, 7) is 8.67. The van der Waals surface area contributed by atoms with Gasteiger partial charge in [0, 0.05) is 47.8 Å². The van der Waals surface area contributed by atoms with Crippen molar-refractivity contribution >= 4 is 13.7 Å². The van der Waals surface area contributed by atoms with Gasteiger partial charge in [-0.15, -0.1) is 5.54 Å². The molecule has 1 saturated carbocycles. The third-order valence-electron chi connectivity index (χ3n) is 5.69. The molecular formula is C25H24F2N4OSi. The number of aromatic nitrogens is 4. The quantitative estimate of drug-likeness (QED) is 0.273. The lowest BCUT2D eigenvalue weighted by Gasteiger charge is -2.31. The SMILES string of the molecule is Cc1ccc(-c2noc(C3CC(F)(F)C3)n2)cc1-c1cn2ccc(C#C[Si](C)(C)C)cc2n1. The van der Waals surface area contributed by atoms with Gasteiger partial charge in [-0.3, -0.25) is 0 Å². The summed E-state index contributed by atoms with van der Waals surface area (Å²) in [4.78, 5) is 9.19. The van der Waals surface area contributed by atoms with E-state index in [2.05, 4.69) is 41.2 Å². The van der Waals surface area contributed by atoms with Crippen LogP contribution in [-0.4, -0.2) is 33.5 Å². The molecule has 8 heteroatoms. The van der Waals surface area contributed by atoms with E-state index in [0.717, 1.165) is 33.6 Å². The van der Waals surface area contributed by atoms with Gasteiger partial charge in [0.15, 0.2) is 0 Å². The summed E-state index contributed by atoms with van der Waals surface area (Å²) in [5.41, 5.74) is 8.76. The first-order valence-corrected chi connectivity index (χ1v) is 14.4. The van der Waals surface area contributed by atoms with Crippen molar-refractivity contribution in [1.29, 1.82) is 0 Å². The van der Waals surface area contributed by atoms with Gasteiger partial charge >= 0.3 is 0 Å². The summed E-state index contributed by atoms with van der Waals surface area (Å²) in [6, 6.07) is 9.85. The van der Waals surface area contributed by atoms with E-state index in [1.807, 2.05) is 54.0 Å². The molecule has 0 spiro atoms. The molecule has 1 aromatic carbocycles. The number of benzene rings is 1. The Morgan fingerprint density at radius 2 is 1.91 bits per heavy atom. The van der Waals surface area contributed by atoms with Gasteiger partial charge in [0.2, 0.25) is 17.6 Å². The van der Waals surface area contributed by atoms with Crippen molar-refractivity contribution < 1.29 is 13.3 Å². The van der Waals surface area contributed by atoms with Crippen molar-refractivity contribution in [3.8, 4) is 34.1 Å². The Balaban J connectivity index is 1.46. The second-order valence-corrected chi connectivity index (χ2v) is 14.5. The van der Waals surface area contributed by atoms with Gasteiger partial charge in [-0.05, 0) is 30.7 Å². The van der Waals surface area contributed by atoms with Gasteiger partial charge in [-0.2, -0.15) is 4.98 Å². The summed E-state index contributed by atoms with van der Waals surface area (Å²) >= 11 is 0. The Kier molecular flexibility index (Phi) is 4.98. The molecule has 0 aliphatic heterocycles. The maximum atomic E-state index is 13.2. The molecular weight excluding hydrogens is 438 g/mol. The minimum absolute atomic E-state index is 0.237. The molecule has 3 aromatic heterocycles. The summed E-state index contributed by atoms with van der Waals surface area (Å²) in [5.74, 6) is 0.954. The molecule has 0 radical (unpaired) electrons. The molecule has 1 aliphatic rings. The van der Waals surface area contributed by atoms with Gasteiger partial charge in [0.25, 0.3) is 0 Å². The van der Waals surface area contributed by atoms with E-state index in [0.29, 0.717) is 5.82 Å². The lowest BCUT2D eigenvalue weighted by molar-refractivity contribution is -0.0925. The maximum Gasteiger partial charge on any atom is 0.249 e. The number of rotatable bonds is 3. The van der Waals surface area contributed by atoms with E-state index in [1.165, 1.54) is 0 Å². The van der Waals surface area contributed by atoms with Gasteiger partial charge in [0.05, 0.1) is 5.69 Å². The van der Waals surface area contributed by atoms with E-state index < -0.39 is 14.0 Å². The fourth-order valence-electron chi connectivity index (χ4n) is 3.84. The van der Waals surface area contributed by atoms with Crippen LogP contribution >= 0.6 is 0 Å². The average molecular weight is 463 g/mol. The van der Waals surface area contributed by atoms with Gasteiger partial charge in [-0.25, -0.2) is 13.8 Å². The van der Waals surface area contributed by atoms with Crippen molar-refractivity contribution in [3.05, 3.63) is 59.7 Å². The van der Waals surface area contributed by atoms with Gasteiger partial charge in [-0.1, -0.05) is 42.9 Å². The molecule has 0 N–H and O–H groups in total. The standard InChI is InChI=1S/C25H24F2N4OSi/c1-16-5-6-18(23-29-24(32-30-23)19-13-25(26,27)14-19)12-20(16)21-15-31-9-7-17(11-22(31)28-21)8-10-33(2,3)4/h5-7,9,11-12,15,19H,13-14H2,1-4H3. The van der Waals surface area contributed by atoms with Crippen LogP contribution in [0.3, 0.4) is 0 Å². The molecule has 0 amide bonds. The summed E-state index contributed by atoms with van der Waals surface area (Å²) in [5, 5.41) is 4.03. The minimum Gasteiger partial charge on any atom is -0.339 e. The largest absolute Gasteiger partial charge is 0.339 e. The van der Waals surface area contributed by atoms with Crippen LogP contribution in [0.15, 0.2) is 47.2 Å². The van der Waals surface area contributed by atoms with Crippen molar-refractivity contribution in [2.45, 2.75) is 51.2 Å². The lowest BCUT2D eigenvalue weighted by atomic mass is 9.81. The molecule has 1 aliphatic carbocycles. The highest BCUT2D eigenvalue weighted by Crippen LogP contribution is 2.48. The van der Waals surface area contributed by atoms with Crippen LogP contribution in [0.1, 0.15) is 35.8 Å². The molecule has 0 saturated heterocycles. The first kappa shape index (κ1) is 21.5. The fourth-order valence-corrected chi connectivity index (χ4v) is 4.36. The molecule has 0 bridgehead atoms. The first-order valence-electron chi connectivity index (χ1n) is 10.9. The Hall–Kier alpha value is -3.31. The molecule has 0 unspecified atom stereocenters. The number of halogens is 2. The summed E-state index contributed by atoms with van der Waals surface area (Å²) in [6.07, 6.45) is 3.48. The molecule has 168 valence electrons. The van der Waals surface area contributed by atoms with Crippen LogP contribution in [0.5, 0.6) is 0 Å². The Morgan fingerprint density at radius 3 is 2.64 bits per heavy atom. The van der Waals surface area contributed by atoms with Gasteiger partial charge in [0.1, 0.15) is 13.7 Å². The number of pyridine rings is 1. The summed E-state index contributed by atoms with van der Waals surface area (Å²) in [7, 11) is -1.46. The third kappa shape index (κ3) is 4.46. The van der Waals surface area contributed by atoms with Crippen LogP contribution in [-0.2, 0) is 0 Å². The van der Waals surface area contributed by atoms with Crippen molar-refractivity contribution in [1.82, 2.24) is 19.5 Å². The molecule has 3 heterocycles. The number of alkyl halides is 2. The third-order valence-corrected chi connectivity index (χ3v) is 6.57. The van der Waals surface area contributed by atoms with Crippen molar-refractivity contribution in [2.24, 2.45) is 0 Å². The van der Waals surface area contributed by atoms with E-state index in [-0.39, 0.29) is 24.7 Å². The maximum absolute atomic E-state index is 13.2. The zero-order chi connectivity index (χ0) is 23.4. The molecule has 5 rings (SSSR count). The zero-order valence-corrected chi connectivity index (χ0v) is 20.0. The molecule has 33 heavy (non-hydrogen) atoms. The summed E-state index contributed by atoms with van der Waals surface area (Å²) < 4.78 is 33.6. The van der Waals surface area contributed by atoms with Crippen molar-refractivity contribution in [3.63, 3.8) is 0 Å². The van der Waals surface area contributed by atoms with Gasteiger partial charge < -0.3 is 8.92 Å². The highest BCUT2D eigenvalue weighted by atomic mass is 28.3. The van der Waals surface area contributed by atoms with Crippen LogP contribution in [0.25, 0.3) is 28.3 Å². The fraction of sp³-hybridized carbons (Fsp3) is 0.320. The van der Waals surface area contributed by atoms with Crippen LogP contribution < -0.4 is 0 Å². The average Bonchev–Trinajstić information content (AvgIpc) is 3.37. The van der Waals surface area contributed by atoms with E-state index in [4.69, 9.17) is 9.51 Å². The van der Waals surface area contributed by atoms with Crippen LogP contribution in [0.4, 0.5) is 8.78 Å². The molecule has 5 nitrogen and oxygen atoms in total. The number of hydrogen-bond donors (Lipinski definition) is 0. The number of hydrogen-bond acceptors (Lipinski definition) is 4. The normalized spacial score (nSPS) is 15.8. The number of imidazole rings is 1. The monoisotopic (exact) mass is 462 g/mol. The Bertz CT molecular complexity index is 1410. The predicted octanol–water partition coefficient (Wildman–Crippen LogP) is 6.10. The van der Waals surface area contributed by atoms with E-state index in [9.17, 15) is 8.78 Å².